The van der Waals surface area contributed by atoms with Crippen LogP contribution in [0.4, 0.5) is 8.78 Å². The fourth-order valence-corrected chi connectivity index (χ4v) is 4.68. The maximum absolute atomic E-state index is 13.8. The van der Waals surface area contributed by atoms with E-state index in [2.05, 4.69) is 5.32 Å². The summed E-state index contributed by atoms with van der Waals surface area (Å²) in [6, 6.07) is 3.31. The van der Waals surface area contributed by atoms with Crippen molar-refractivity contribution in [3.8, 4) is 5.75 Å². The Morgan fingerprint density at radius 3 is 2.71 bits per heavy atom. The van der Waals surface area contributed by atoms with Gasteiger partial charge in [-0.25, -0.2) is 8.78 Å². The molecule has 5 rings (SSSR count). The number of hydrogen-bond acceptors (Lipinski definition) is 5. The summed E-state index contributed by atoms with van der Waals surface area (Å²) in [6.45, 7) is -0.328. The molecule has 8 nitrogen and oxygen atoms in total. The van der Waals surface area contributed by atoms with Crippen LogP contribution in [-0.4, -0.2) is 44.8 Å². The highest BCUT2D eigenvalue weighted by Crippen LogP contribution is 2.38. The number of halogens is 2. The second-order valence-corrected chi connectivity index (χ2v) is 8.00. The van der Waals surface area contributed by atoms with Crippen LogP contribution >= 0.6 is 0 Å². The van der Waals surface area contributed by atoms with E-state index in [1.165, 1.54) is 16.8 Å². The fourth-order valence-electron chi connectivity index (χ4n) is 4.68. The van der Waals surface area contributed by atoms with E-state index in [1.807, 2.05) is 0 Å². The molecule has 2 amide bonds. The van der Waals surface area contributed by atoms with Gasteiger partial charge < -0.3 is 24.6 Å². The third-order valence-electron chi connectivity index (χ3n) is 6.19. The van der Waals surface area contributed by atoms with Gasteiger partial charge in [0.2, 0.25) is 5.43 Å². The van der Waals surface area contributed by atoms with Crippen molar-refractivity contribution in [2.45, 2.75) is 50.7 Å². The summed E-state index contributed by atoms with van der Waals surface area (Å²) in [5, 5.41) is 12.7. The van der Waals surface area contributed by atoms with Gasteiger partial charge in [0.1, 0.15) is 17.2 Å². The Kier molecular flexibility index (Phi) is 4.54. The van der Waals surface area contributed by atoms with Crippen molar-refractivity contribution in [1.82, 2.24) is 14.8 Å². The van der Waals surface area contributed by atoms with Gasteiger partial charge in [0.05, 0.1) is 12.6 Å². The Morgan fingerprint density at radius 2 is 1.97 bits per heavy atom. The summed E-state index contributed by atoms with van der Waals surface area (Å²) in [5.41, 5.74) is -1.99. The van der Waals surface area contributed by atoms with Crippen LogP contribution in [-0.2, 0) is 17.8 Å². The van der Waals surface area contributed by atoms with Crippen LogP contribution < -0.4 is 10.7 Å². The SMILES string of the molecule is O=C(NCc1c(F)cccc1F)c1cn2c(c(O)c1=O)C(=O)N1C3CCC(C3)OC1C2. The van der Waals surface area contributed by atoms with Gasteiger partial charge in [-0.1, -0.05) is 6.07 Å². The highest BCUT2D eigenvalue weighted by Gasteiger charge is 2.47. The lowest BCUT2D eigenvalue weighted by Crippen LogP contribution is -2.57. The highest BCUT2D eigenvalue weighted by atomic mass is 19.1. The van der Waals surface area contributed by atoms with E-state index in [1.54, 1.807) is 4.90 Å². The number of ether oxygens (including phenoxy) is 1. The first-order chi connectivity index (χ1) is 14.8. The van der Waals surface area contributed by atoms with Crippen LogP contribution in [0, 0.1) is 11.6 Å². The number of carbonyl (C=O) groups is 2. The second-order valence-electron chi connectivity index (χ2n) is 8.00. The van der Waals surface area contributed by atoms with Crippen LogP contribution in [0.5, 0.6) is 5.75 Å². The molecule has 2 bridgehead atoms. The fraction of sp³-hybridized carbons (Fsp3) is 0.381. The van der Waals surface area contributed by atoms with Gasteiger partial charge in [-0.3, -0.25) is 14.4 Å². The molecule has 1 aromatic heterocycles. The molecule has 2 aromatic rings. The number of amides is 2. The minimum absolute atomic E-state index is 0.00172. The molecular weight excluding hydrogens is 412 g/mol. The summed E-state index contributed by atoms with van der Waals surface area (Å²) < 4.78 is 34.9. The van der Waals surface area contributed by atoms with Gasteiger partial charge in [0.25, 0.3) is 11.8 Å². The number of nitrogens with one attached hydrogen (secondary N) is 1. The minimum atomic E-state index is -1.02. The molecule has 0 spiro atoms. The number of carbonyl (C=O) groups excluding carboxylic acids is 2. The maximum Gasteiger partial charge on any atom is 0.276 e. The first-order valence-corrected chi connectivity index (χ1v) is 10.0. The number of aromatic hydroxyl groups is 1. The van der Waals surface area contributed by atoms with Gasteiger partial charge in [-0.15, -0.1) is 0 Å². The largest absolute Gasteiger partial charge is 0.503 e. The Labute approximate surface area is 175 Å². The van der Waals surface area contributed by atoms with E-state index in [0.717, 1.165) is 31.4 Å². The topological polar surface area (TPSA) is 101 Å². The molecule has 3 unspecified atom stereocenters. The Balaban J connectivity index is 1.45. The maximum atomic E-state index is 13.8. The number of aromatic nitrogens is 1. The molecule has 162 valence electrons. The summed E-state index contributed by atoms with van der Waals surface area (Å²) in [6.07, 6.45) is 3.05. The lowest BCUT2D eigenvalue weighted by atomic mass is 10.1. The average Bonchev–Trinajstić information content (AvgIpc) is 3.10. The van der Waals surface area contributed by atoms with E-state index in [0.29, 0.717) is 0 Å². The number of rotatable bonds is 3. The predicted molar refractivity (Wildman–Crippen MR) is 102 cm³/mol. The van der Waals surface area contributed by atoms with Crippen molar-refractivity contribution in [2.24, 2.45) is 0 Å². The molecule has 31 heavy (non-hydrogen) atoms. The molecule has 1 saturated carbocycles. The summed E-state index contributed by atoms with van der Waals surface area (Å²) in [4.78, 5) is 39.8. The highest BCUT2D eigenvalue weighted by molar-refractivity contribution is 5.99. The van der Waals surface area contributed by atoms with Crippen LogP contribution in [0.15, 0.2) is 29.2 Å². The predicted octanol–water partition coefficient (Wildman–Crippen LogP) is 1.50. The molecule has 2 aliphatic heterocycles. The van der Waals surface area contributed by atoms with Crippen molar-refractivity contribution in [3.63, 3.8) is 0 Å². The zero-order valence-electron chi connectivity index (χ0n) is 16.3. The molecule has 2 N–H and O–H groups in total. The van der Waals surface area contributed by atoms with Crippen molar-refractivity contribution >= 4 is 11.8 Å². The van der Waals surface area contributed by atoms with Crippen LogP contribution in [0.25, 0.3) is 0 Å². The first kappa shape index (κ1) is 19.7. The molecule has 1 saturated heterocycles. The molecule has 3 atom stereocenters. The summed E-state index contributed by atoms with van der Waals surface area (Å²) in [5.74, 6) is -3.93. The third kappa shape index (κ3) is 3.09. The van der Waals surface area contributed by atoms with E-state index < -0.39 is 53.0 Å². The molecule has 1 aliphatic carbocycles. The lowest BCUT2D eigenvalue weighted by Gasteiger charge is -2.44. The summed E-state index contributed by atoms with van der Waals surface area (Å²) >= 11 is 0. The van der Waals surface area contributed by atoms with Crippen molar-refractivity contribution in [1.29, 1.82) is 0 Å². The van der Waals surface area contributed by atoms with Crippen molar-refractivity contribution in [2.75, 3.05) is 0 Å². The van der Waals surface area contributed by atoms with Gasteiger partial charge in [0.15, 0.2) is 17.7 Å². The Morgan fingerprint density at radius 1 is 1.23 bits per heavy atom. The Bertz CT molecular complexity index is 1140. The lowest BCUT2D eigenvalue weighted by molar-refractivity contribution is -0.132. The van der Waals surface area contributed by atoms with Crippen LogP contribution in [0.1, 0.15) is 45.7 Å². The zero-order valence-corrected chi connectivity index (χ0v) is 16.3. The van der Waals surface area contributed by atoms with E-state index >= 15 is 0 Å². The molecule has 3 aliphatic rings. The number of benzene rings is 1. The quantitative estimate of drug-likeness (QED) is 0.767. The van der Waals surface area contributed by atoms with Crippen LogP contribution in [0.2, 0.25) is 0 Å². The van der Waals surface area contributed by atoms with E-state index in [-0.39, 0.29) is 29.9 Å². The second kappa shape index (κ2) is 7.16. The first-order valence-electron chi connectivity index (χ1n) is 10.0. The van der Waals surface area contributed by atoms with Gasteiger partial charge in [-0.05, 0) is 31.4 Å². The van der Waals surface area contributed by atoms with Gasteiger partial charge in [0, 0.05) is 24.3 Å². The van der Waals surface area contributed by atoms with E-state index in [4.69, 9.17) is 4.74 Å². The zero-order chi connectivity index (χ0) is 21.9. The number of hydrogen-bond donors (Lipinski definition) is 2. The third-order valence-corrected chi connectivity index (χ3v) is 6.19. The van der Waals surface area contributed by atoms with Gasteiger partial charge in [-0.2, -0.15) is 0 Å². The normalized spacial score (nSPS) is 24.0. The Hall–Kier alpha value is -3.27. The van der Waals surface area contributed by atoms with E-state index in [9.17, 15) is 28.3 Å². The molecular formula is C21H19F2N3O5. The monoisotopic (exact) mass is 431 g/mol. The number of fused-ring (bicyclic) bond motifs is 5. The van der Waals surface area contributed by atoms with Crippen LogP contribution in [0.3, 0.4) is 0 Å². The summed E-state index contributed by atoms with van der Waals surface area (Å²) in [7, 11) is 0. The molecule has 3 heterocycles. The molecule has 10 heteroatoms. The molecule has 2 fully saturated rings. The smallest absolute Gasteiger partial charge is 0.276 e. The number of pyridine rings is 1. The molecule has 0 radical (unpaired) electrons. The van der Waals surface area contributed by atoms with Gasteiger partial charge >= 0.3 is 0 Å². The minimum Gasteiger partial charge on any atom is -0.503 e. The number of nitrogens with zero attached hydrogens (tertiary/aromatic N) is 2. The van der Waals surface area contributed by atoms with Crippen molar-refractivity contribution in [3.05, 3.63) is 63.1 Å². The van der Waals surface area contributed by atoms with Crippen molar-refractivity contribution < 1.29 is 28.2 Å². The standard InChI is InChI=1S/C21H19F2N3O5/c22-14-2-1-3-15(23)12(14)7-24-20(29)13-8-25-9-16-26(10-4-5-11(6-10)31-16)21(30)17(25)19(28)18(13)27/h1-3,8,10-11,16,28H,4-7,9H2,(H,24,29). The molecule has 1 aromatic carbocycles. The average molecular weight is 431 g/mol.